The van der Waals surface area contributed by atoms with Crippen molar-refractivity contribution in [2.24, 2.45) is 0 Å². The first-order chi connectivity index (χ1) is 32.4. The molecular weight excluding hydrogens is 885 g/mol. The molecule has 0 aliphatic heterocycles. The Morgan fingerprint density at radius 2 is 0.926 bits per heavy atom. The second-order valence-corrected chi connectivity index (χ2v) is 18.8. The highest BCUT2D eigenvalue weighted by atomic mass is 16.7. The number of hydrogen-bond donors (Lipinski definition) is 5. The number of hydrogen-bond acceptors (Lipinski definition) is 15. The SMILES string of the molecule is CC(C)(C)OC(=O)CCCCCCCCCCCCCCCCCCC(=O)NC(CCC(=O)NCCOCCOCC(=O)NCCOCCOCC(=O)On1c(O)ccc1O)C(=O)OC(C)(C)C. The number of aromatic hydroxyl groups is 2. The smallest absolute Gasteiger partial charge is 0.358 e. The van der Waals surface area contributed by atoms with Gasteiger partial charge < -0.3 is 59.4 Å². The number of carbonyl (C=O) groups is 6. The summed E-state index contributed by atoms with van der Waals surface area (Å²) >= 11 is 0. The summed E-state index contributed by atoms with van der Waals surface area (Å²) in [6.45, 7) is 11.8. The number of nitrogens with zero attached hydrogens (tertiary/aromatic N) is 1. The minimum Gasteiger partial charge on any atom is -0.492 e. The third-order valence-corrected chi connectivity index (χ3v) is 9.97. The van der Waals surface area contributed by atoms with Crippen LogP contribution in [0.3, 0.4) is 0 Å². The first kappa shape index (κ1) is 61.6. The molecule has 0 fully saturated rings. The van der Waals surface area contributed by atoms with Gasteiger partial charge in [0, 0.05) is 44.5 Å². The van der Waals surface area contributed by atoms with Crippen LogP contribution in [0.4, 0.5) is 0 Å². The molecule has 0 saturated carbocycles. The molecule has 1 aromatic heterocycles. The van der Waals surface area contributed by atoms with E-state index in [0.717, 1.165) is 50.7 Å². The van der Waals surface area contributed by atoms with E-state index in [1.807, 2.05) is 20.8 Å². The van der Waals surface area contributed by atoms with Crippen LogP contribution in [-0.4, -0.2) is 134 Å². The first-order valence-corrected chi connectivity index (χ1v) is 24.8. The molecule has 19 heteroatoms. The van der Waals surface area contributed by atoms with Crippen LogP contribution in [0.5, 0.6) is 11.8 Å². The molecule has 0 spiro atoms. The van der Waals surface area contributed by atoms with Gasteiger partial charge in [-0.05, 0) is 60.8 Å². The third kappa shape index (κ3) is 36.6. The predicted octanol–water partition coefficient (Wildman–Crippen LogP) is 6.12. The topological polar surface area (TPSA) is 249 Å². The highest BCUT2D eigenvalue weighted by molar-refractivity contribution is 5.85. The largest absolute Gasteiger partial charge is 0.492 e. The predicted molar refractivity (Wildman–Crippen MR) is 255 cm³/mol. The van der Waals surface area contributed by atoms with Gasteiger partial charge in [-0.2, -0.15) is 0 Å². The van der Waals surface area contributed by atoms with Crippen molar-refractivity contribution in [1.82, 2.24) is 20.7 Å². The molecule has 392 valence electrons. The van der Waals surface area contributed by atoms with E-state index in [1.165, 1.54) is 64.2 Å². The Hall–Kier alpha value is -4.46. The fraction of sp³-hybridized carbons (Fsp3) is 0.796. The molecule has 1 rings (SSSR count). The summed E-state index contributed by atoms with van der Waals surface area (Å²) in [6, 6.07) is 1.37. The summed E-state index contributed by atoms with van der Waals surface area (Å²) in [5.41, 5.74) is -1.15. The Morgan fingerprint density at radius 3 is 1.41 bits per heavy atom. The Balaban J connectivity index is 2.05. The molecule has 68 heavy (non-hydrogen) atoms. The number of nitrogens with one attached hydrogen (secondary N) is 3. The average molecular weight is 971 g/mol. The molecule has 1 atom stereocenters. The van der Waals surface area contributed by atoms with E-state index < -0.39 is 47.5 Å². The summed E-state index contributed by atoms with van der Waals surface area (Å²) in [7, 11) is 0. The molecule has 1 aromatic rings. The van der Waals surface area contributed by atoms with E-state index in [9.17, 15) is 39.0 Å². The summed E-state index contributed by atoms with van der Waals surface area (Å²) in [6.07, 6.45) is 19.3. The number of aromatic nitrogens is 1. The van der Waals surface area contributed by atoms with Gasteiger partial charge in [-0.15, -0.1) is 4.73 Å². The van der Waals surface area contributed by atoms with Gasteiger partial charge in [-0.3, -0.25) is 19.2 Å². The van der Waals surface area contributed by atoms with Crippen LogP contribution in [0.2, 0.25) is 0 Å². The van der Waals surface area contributed by atoms with E-state index >= 15 is 0 Å². The first-order valence-electron chi connectivity index (χ1n) is 24.8. The summed E-state index contributed by atoms with van der Waals surface area (Å²) in [4.78, 5) is 78.4. The Labute approximate surface area is 404 Å². The molecule has 0 aliphatic carbocycles. The van der Waals surface area contributed by atoms with Crippen LogP contribution >= 0.6 is 0 Å². The van der Waals surface area contributed by atoms with Gasteiger partial charge in [0.1, 0.15) is 30.5 Å². The van der Waals surface area contributed by atoms with Gasteiger partial charge in [0.25, 0.3) is 0 Å². The normalized spacial score (nSPS) is 12.0. The number of unbranched alkanes of at least 4 members (excludes halogenated alkanes) is 15. The maximum absolute atomic E-state index is 12.9. The zero-order valence-electron chi connectivity index (χ0n) is 42.1. The Kier molecular flexibility index (Phi) is 33.9. The number of ether oxygens (including phenoxy) is 6. The second kappa shape index (κ2) is 37.4. The van der Waals surface area contributed by atoms with Crippen LogP contribution in [0.25, 0.3) is 0 Å². The maximum atomic E-state index is 12.9. The van der Waals surface area contributed by atoms with Gasteiger partial charge in [-0.1, -0.05) is 89.9 Å². The van der Waals surface area contributed by atoms with Gasteiger partial charge in [0.15, 0.2) is 0 Å². The molecular formula is C49H86N4O15. The van der Waals surface area contributed by atoms with E-state index in [-0.39, 0.29) is 95.9 Å². The van der Waals surface area contributed by atoms with Crippen LogP contribution in [0.1, 0.15) is 170 Å². The number of amides is 3. The van der Waals surface area contributed by atoms with Crippen molar-refractivity contribution in [2.75, 3.05) is 65.9 Å². The third-order valence-electron chi connectivity index (χ3n) is 9.97. The van der Waals surface area contributed by atoms with Crippen LogP contribution in [0.15, 0.2) is 12.1 Å². The lowest BCUT2D eigenvalue weighted by atomic mass is 10.0. The Bertz CT molecular complexity index is 1540. The van der Waals surface area contributed by atoms with Crippen molar-refractivity contribution in [3.05, 3.63) is 12.1 Å². The van der Waals surface area contributed by atoms with E-state index in [0.29, 0.717) is 17.6 Å². The van der Waals surface area contributed by atoms with Crippen molar-refractivity contribution >= 4 is 35.6 Å². The average Bonchev–Trinajstić information content (AvgIpc) is 3.57. The van der Waals surface area contributed by atoms with Crippen molar-refractivity contribution in [3.63, 3.8) is 0 Å². The van der Waals surface area contributed by atoms with Gasteiger partial charge in [-0.25, -0.2) is 9.59 Å². The summed E-state index contributed by atoms with van der Waals surface area (Å²) < 4.78 is 32.6. The highest BCUT2D eigenvalue weighted by Gasteiger charge is 2.27. The molecule has 0 aliphatic rings. The number of carbonyl (C=O) groups excluding carboxylic acids is 6. The molecule has 1 heterocycles. The maximum Gasteiger partial charge on any atom is 0.358 e. The molecule has 1 unspecified atom stereocenters. The molecule has 3 amide bonds. The minimum absolute atomic E-state index is 0.00635. The van der Waals surface area contributed by atoms with Gasteiger partial charge in [0.2, 0.25) is 29.5 Å². The fourth-order valence-corrected chi connectivity index (χ4v) is 6.63. The highest BCUT2D eigenvalue weighted by Crippen LogP contribution is 2.19. The monoisotopic (exact) mass is 971 g/mol. The quantitative estimate of drug-likeness (QED) is 0.0366. The van der Waals surface area contributed by atoms with E-state index in [2.05, 4.69) is 16.0 Å². The number of rotatable bonds is 41. The van der Waals surface area contributed by atoms with Crippen LogP contribution in [-0.2, 0) is 57.2 Å². The van der Waals surface area contributed by atoms with Gasteiger partial charge >= 0.3 is 17.9 Å². The summed E-state index contributed by atoms with van der Waals surface area (Å²) in [5.74, 6) is -3.27. The molecule has 0 radical (unpaired) electrons. The fourth-order valence-electron chi connectivity index (χ4n) is 6.63. The summed E-state index contributed by atoms with van der Waals surface area (Å²) in [5, 5.41) is 27.1. The molecule has 0 aromatic carbocycles. The van der Waals surface area contributed by atoms with Crippen molar-refractivity contribution in [1.29, 1.82) is 0 Å². The van der Waals surface area contributed by atoms with Crippen molar-refractivity contribution in [3.8, 4) is 11.8 Å². The number of esters is 2. The van der Waals surface area contributed by atoms with Gasteiger partial charge in [0.05, 0.1) is 39.6 Å². The van der Waals surface area contributed by atoms with E-state index in [1.54, 1.807) is 20.8 Å². The molecule has 5 N–H and O–H groups in total. The molecule has 0 saturated heterocycles. The van der Waals surface area contributed by atoms with Crippen molar-refractivity contribution in [2.45, 2.75) is 187 Å². The Morgan fingerprint density at radius 1 is 0.500 bits per heavy atom. The van der Waals surface area contributed by atoms with Crippen molar-refractivity contribution < 1.29 is 72.2 Å². The zero-order valence-corrected chi connectivity index (χ0v) is 42.1. The lowest BCUT2D eigenvalue weighted by Gasteiger charge is -2.24. The standard InChI is InChI=1S/C49H86N4O15/c1-48(2,3)66-45(59)24-22-20-18-16-14-12-10-8-7-9-11-13-15-17-19-21-23-41(55)52-39(47(61)67-49(4,5)6)25-26-40(54)50-29-31-62-33-35-64-37-42(56)51-30-32-63-34-36-65-38-46(60)68-53-43(57)27-28-44(53)58/h27-28,39,57-58H,7-26,29-38H2,1-6H3,(H,50,54)(H,51,56)(H,52,55). The molecule has 19 nitrogen and oxygen atoms in total. The molecule has 0 bridgehead atoms. The van der Waals surface area contributed by atoms with E-state index in [4.69, 9.17) is 33.3 Å². The van der Waals surface area contributed by atoms with Crippen LogP contribution < -0.4 is 20.8 Å². The lowest BCUT2D eigenvalue weighted by Crippen LogP contribution is -2.44. The minimum atomic E-state index is -0.941. The second-order valence-electron chi connectivity index (χ2n) is 18.8. The lowest BCUT2D eigenvalue weighted by molar-refractivity contribution is -0.159. The zero-order chi connectivity index (χ0) is 50.5. The van der Waals surface area contributed by atoms with Crippen LogP contribution in [0, 0.1) is 0 Å².